The summed E-state index contributed by atoms with van der Waals surface area (Å²) in [6.45, 7) is 5.82. The third-order valence-electron chi connectivity index (χ3n) is 4.15. The predicted octanol–water partition coefficient (Wildman–Crippen LogP) is 3.29. The second kappa shape index (κ2) is 7.98. The van der Waals surface area contributed by atoms with Crippen molar-refractivity contribution < 1.29 is 9.26 Å². The number of ether oxygens (including phenoxy) is 1. The van der Waals surface area contributed by atoms with Crippen molar-refractivity contribution in [2.24, 2.45) is 0 Å². The molecule has 1 aromatic carbocycles. The van der Waals surface area contributed by atoms with Gasteiger partial charge in [-0.2, -0.15) is 0 Å². The zero-order valence-electron chi connectivity index (χ0n) is 14.9. The van der Waals surface area contributed by atoms with E-state index in [1.54, 1.807) is 7.11 Å². The first kappa shape index (κ1) is 17.2. The summed E-state index contributed by atoms with van der Waals surface area (Å²) in [6.07, 6.45) is 4.81. The van der Waals surface area contributed by atoms with Gasteiger partial charge in [-0.25, -0.2) is 4.98 Å². The molecular formula is C19H24N4O2. The molecule has 0 spiro atoms. The van der Waals surface area contributed by atoms with Gasteiger partial charge in [0.2, 0.25) is 0 Å². The Morgan fingerprint density at radius 2 is 2.08 bits per heavy atom. The molecule has 0 fully saturated rings. The third kappa shape index (κ3) is 4.28. The van der Waals surface area contributed by atoms with Gasteiger partial charge < -0.3 is 19.1 Å². The van der Waals surface area contributed by atoms with Crippen molar-refractivity contribution in [2.75, 3.05) is 7.11 Å². The second-order valence-corrected chi connectivity index (χ2v) is 6.04. The van der Waals surface area contributed by atoms with E-state index in [0.29, 0.717) is 12.6 Å². The Morgan fingerprint density at radius 3 is 2.80 bits per heavy atom. The van der Waals surface area contributed by atoms with Crippen molar-refractivity contribution in [1.82, 2.24) is 20.0 Å². The van der Waals surface area contributed by atoms with E-state index in [0.717, 1.165) is 41.6 Å². The molecule has 0 saturated heterocycles. The average molecular weight is 340 g/mol. The zero-order chi connectivity index (χ0) is 17.6. The van der Waals surface area contributed by atoms with Crippen molar-refractivity contribution in [2.45, 2.75) is 39.4 Å². The van der Waals surface area contributed by atoms with Gasteiger partial charge in [0.1, 0.15) is 11.6 Å². The highest BCUT2D eigenvalue weighted by molar-refractivity contribution is 5.58. The van der Waals surface area contributed by atoms with Crippen molar-refractivity contribution in [3.8, 4) is 17.1 Å². The highest BCUT2D eigenvalue weighted by atomic mass is 16.5. The van der Waals surface area contributed by atoms with Gasteiger partial charge in [0.15, 0.2) is 5.76 Å². The maximum Gasteiger partial charge on any atom is 0.167 e. The Balaban J connectivity index is 1.56. The number of methoxy groups -OCH3 is 1. The van der Waals surface area contributed by atoms with Crippen LogP contribution in [-0.2, 0) is 19.5 Å². The lowest BCUT2D eigenvalue weighted by molar-refractivity contribution is 0.409. The van der Waals surface area contributed by atoms with Crippen LogP contribution in [0.15, 0.2) is 47.2 Å². The summed E-state index contributed by atoms with van der Waals surface area (Å²) in [5, 5.41) is 7.63. The van der Waals surface area contributed by atoms with E-state index in [4.69, 9.17) is 9.26 Å². The molecule has 3 rings (SSSR count). The molecule has 25 heavy (non-hydrogen) atoms. The summed E-state index contributed by atoms with van der Waals surface area (Å²) in [4.78, 5) is 4.35. The van der Waals surface area contributed by atoms with Crippen molar-refractivity contribution in [3.63, 3.8) is 0 Å². The number of aromatic nitrogens is 3. The Labute approximate surface area is 147 Å². The minimum atomic E-state index is 0.306. The van der Waals surface area contributed by atoms with Crippen LogP contribution < -0.4 is 10.1 Å². The molecule has 3 aromatic rings. The first-order valence-electron chi connectivity index (χ1n) is 8.53. The lowest BCUT2D eigenvalue weighted by atomic mass is 10.1. The van der Waals surface area contributed by atoms with Gasteiger partial charge in [-0.1, -0.05) is 12.1 Å². The van der Waals surface area contributed by atoms with Crippen LogP contribution in [0.4, 0.5) is 0 Å². The van der Waals surface area contributed by atoms with Crippen molar-refractivity contribution >= 4 is 0 Å². The molecule has 132 valence electrons. The molecule has 0 aliphatic heterocycles. The van der Waals surface area contributed by atoms with Crippen LogP contribution in [-0.4, -0.2) is 27.9 Å². The summed E-state index contributed by atoms with van der Waals surface area (Å²) in [5.41, 5.74) is 1.87. The second-order valence-electron chi connectivity index (χ2n) is 6.04. The molecule has 1 atom stereocenters. The topological polar surface area (TPSA) is 65.1 Å². The summed E-state index contributed by atoms with van der Waals surface area (Å²) in [6, 6.07) is 10.0. The van der Waals surface area contributed by atoms with E-state index < -0.39 is 0 Å². The molecule has 2 aromatic heterocycles. The van der Waals surface area contributed by atoms with Gasteiger partial charge in [-0.3, -0.25) is 0 Å². The van der Waals surface area contributed by atoms with Crippen molar-refractivity contribution in [3.05, 3.63) is 54.2 Å². The molecule has 0 amide bonds. The van der Waals surface area contributed by atoms with Crippen molar-refractivity contribution in [1.29, 1.82) is 0 Å². The summed E-state index contributed by atoms with van der Waals surface area (Å²) < 4.78 is 12.8. The minimum Gasteiger partial charge on any atom is -0.497 e. The SMILES string of the molecule is CCc1nccn1CC(C)NCc1cc(-c2ccc(OC)cc2)on1. The van der Waals surface area contributed by atoms with Crippen LogP contribution in [0.3, 0.4) is 0 Å². The first-order valence-corrected chi connectivity index (χ1v) is 8.53. The van der Waals surface area contributed by atoms with Gasteiger partial charge in [0, 0.05) is 49.6 Å². The van der Waals surface area contributed by atoms with Crippen LogP contribution >= 0.6 is 0 Å². The van der Waals surface area contributed by atoms with E-state index in [9.17, 15) is 0 Å². The summed E-state index contributed by atoms with van der Waals surface area (Å²) in [7, 11) is 1.65. The standard InChI is InChI=1S/C19H24N4O2/c1-4-19-20-9-10-23(19)13-14(2)21-12-16-11-18(25-22-16)15-5-7-17(24-3)8-6-15/h5-11,14,21H,4,12-13H2,1-3H3. The van der Waals surface area contributed by atoms with Crippen LogP contribution in [0.5, 0.6) is 5.75 Å². The molecule has 0 radical (unpaired) electrons. The maximum atomic E-state index is 5.45. The highest BCUT2D eigenvalue weighted by Crippen LogP contribution is 2.23. The van der Waals surface area contributed by atoms with Crippen LogP contribution in [0.25, 0.3) is 11.3 Å². The summed E-state index contributed by atoms with van der Waals surface area (Å²) in [5.74, 6) is 2.69. The van der Waals surface area contributed by atoms with Gasteiger partial charge in [0.25, 0.3) is 0 Å². The maximum absolute atomic E-state index is 5.45. The number of nitrogens with zero attached hydrogens (tertiary/aromatic N) is 3. The first-order chi connectivity index (χ1) is 12.2. The monoisotopic (exact) mass is 340 g/mol. The molecule has 0 aliphatic carbocycles. The number of benzene rings is 1. The number of imidazole rings is 1. The Morgan fingerprint density at radius 1 is 1.28 bits per heavy atom. The van der Waals surface area contributed by atoms with E-state index in [-0.39, 0.29) is 0 Å². The fourth-order valence-corrected chi connectivity index (χ4v) is 2.75. The Hall–Kier alpha value is -2.60. The minimum absolute atomic E-state index is 0.306. The Bertz CT molecular complexity index is 792. The van der Waals surface area contributed by atoms with Crippen LogP contribution in [0.1, 0.15) is 25.4 Å². The number of hydrogen-bond donors (Lipinski definition) is 1. The normalized spacial score (nSPS) is 12.3. The van der Waals surface area contributed by atoms with E-state index in [2.05, 4.69) is 33.9 Å². The number of nitrogens with one attached hydrogen (secondary N) is 1. The molecule has 1 unspecified atom stereocenters. The fraction of sp³-hybridized carbons (Fsp3) is 0.368. The number of rotatable bonds is 8. The number of aryl methyl sites for hydroxylation is 1. The van der Waals surface area contributed by atoms with Gasteiger partial charge in [-0.15, -0.1) is 0 Å². The molecule has 2 heterocycles. The van der Waals surface area contributed by atoms with Gasteiger partial charge in [0.05, 0.1) is 12.8 Å². The highest BCUT2D eigenvalue weighted by Gasteiger charge is 2.10. The van der Waals surface area contributed by atoms with E-state index in [1.807, 2.05) is 42.7 Å². The molecular weight excluding hydrogens is 316 g/mol. The fourth-order valence-electron chi connectivity index (χ4n) is 2.75. The Kier molecular flexibility index (Phi) is 5.50. The molecule has 1 N–H and O–H groups in total. The van der Waals surface area contributed by atoms with Gasteiger partial charge >= 0.3 is 0 Å². The largest absolute Gasteiger partial charge is 0.497 e. The molecule has 0 bridgehead atoms. The molecule has 0 saturated carbocycles. The van der Waals surface area contributed by atoms with Crippen LogP contribution in [0, 0.1) is 0 Å². The van der Waals surface area contributed by atoms with Gasteiger partial charge in [-0.05, 0) is 31.2 Å². The molecule has 6 heteroatoms. The predicted molar refractivity (Wildman–Crippen MR) is 96.4 cm³/mol. The lowest BCUT2D eigenvalue weighted by Crippen LogP contribution is -2.30. The lowest BCUT2D eigenvalue weighted by Gasteiger charge is -2.15. The average Bonchev–Trinajstić information content (AvgIpc) is 3.29. The quantitative estimate of drug-likeness (QED) is 0.682. The zero-order valence-corrected chi connectivity index (χ0v) is 14.9. The molecule has 0 aliphatic rings. The smallest absolute Gasteiger partial charge is 0.167 e. The number of hydrogen-bond acceptors (Lipinski definition) is 5. The summed E-state index contributed by atoms with van der Waals surface area (Å²) >= 11 is 0. The van der Waals surface area contributed by atoms with Crippen LogP contribution in [0.2, 0.25) is 0 Å². The van der Waals surface area contributed by atoms with E-state index >= 15 is 0 Å². The molecule has 6 nitrogen and oxygen atoms in total. The van der Waals surface area contributed by atoms with E-state index in [1.165, 1.54) is 0 Å². The third-order valence-corrected chi connectivity index (χ3v) is 4.15.